The smallest absolute Gasteiger partial charge is 0.240 e. The third-order valence-electron chi connectivity index (χ3n) is 3.75. The number of carbonyl (C=O) groups is 2. The van der Waals surface area contributed by atoms with Crippen LogP contribution in [0.5, 0.6) is 11.5 Å². The fourth-order valence-corrected chi connectivity index (χ4v) is 3.21. The number of carbonyl (C=O) groups excluding carboxylic acids is 2. The van der Waals surface area contributed by atoms with E-state index in [2.05, 4.69) is 15.6 Å². The number of aliphatic hydroxyl groups is 1. The van der Waals surface area contributed by atoms with Crippen molar-refractivity contribution in [2.45, 2.75) is 25.2 Å². The maximum atomic E-state index is 12.3. The number of hydrogen-bond donors (Lipinski definition) is 3. The van der Waals surface area contributed by atoms with Crippen molar-refractivity contribution in [2.75, 3.05) is 31.8 Å². The Kier molecular flexibility index (Phi) is 8.15. The number of hydrogen-bond acceptors (Lipinski definition) is 7. The van der Waals surface area contributed by atoms with Crippen LogP contribution in [0.3, 0.4) is 0 Å². The van der Waals surface area contributed by atoms with Crippen molar-refractivity contribution in [3.05, 3.63) is 30.1 Å². The first kappa shape index (κ1) is 21.6. The lowest BCUT2D eigenvalue weighted by molar-refractivity contribution is -0.121. The van der Waals surface area contributed by atoms with Crippen LogP contribution < -0.4 is 20.1 Å². The molecule has 0 aliphatic rings. The molecule has 0 unspecified atom stereocenters. The minimum atomic E-state index is -0.258. The Balaban J connectivity index is 2.03. The summed E-state index contributed by atoms with van der Waals surface area (Å²) in [5.74, 6) is 0.731. The second-order valence-corrected chi connectivity index (χ2v) is 6.58. The molecule has 0 aliphatic carbocycles. The molecule has 1 aromatic carbocycles. The molecule has 0 bridgehead atoms. The Bertz CT molecular complexity index is 824. The molecule has 0 spiro atoms. The van der Waals surface area contributed by atoms with Crippen LogP contribution in [0.25, 0.3) is 0 Å². The van der Waals surface area contributed by atoms with Gasteiger partial charge in [-0.05, 0) is 19.1 Å². The van der Waals surface area contributed by atoms with E-state index in [0.717, 1.165) is 0 Å². The van der Waals surface area contributed by atoms with E-state index in [4.69, 9.17) is 9.47 Å². The molecule has 3 N–H and O–H groups in total. The molecule has 1 heterocycles. The van der Waals surface area contributed by atoms with E-state index in [0.29, 0.717) is 34.6 Å². The fourth-order valence-electron chi connectivity index (χ4n) is 2.42. The number of aliphatic hydroxyl groups excluding tert-OH is 1. The van der Waals surface area contributed by atoms with Crippen LogP contribution in [0.2, 0.25) is 0 Å². The number of amides is 2. The average molecular weight is 408 g/mol. The van der Waals surface area contributed by atoms with Gasteiger partial charge in [-0.15, -0.1) is 0 Å². The molecule has 2 aromatic rings. The highest BCUT2D eigenvalue weighted by atomic mass is 32.2. The first-order valence-corrected chi connectivity index (χ1v) is 9.57. The summed E-state index contributed by atoms with van der Waals surface area (Å²) in [5, 5.41) is 15.4. The maximum absolute atomic E-state index is 12.3. The van der Waals surface area contributed by atoms with Crippen molar-refractivity contribution < 1.29 is 24.2 Å². The number of nitrogens with one attached hydrogen (secondary N) is 2. The summed E-state index contributed by atoms with van der Waals surface area (Å²) in [6.45, 7) is 2.12. The van der Waals surface area contributed by atoms with Gasteiger partial charge in [0.15, 0.2) is 5.16 Å². The second-order valence-electron chi connectivity index (χ2n) is 5.63. The minimum Gasteiger partial charge on any atom is -0.497 e. The SMILES string of the molecule is CCNC(=O)Cn1c(CO)cnc1SCC(=O)Nc1ccc(OC)cc1OC. The molecule has 0 radical (unpaired) electrons. The van der Waals surface area contributed by atoms with E-state index < -0.39 is 0 Å². The first-order chi connectivity index (χ1) is 13.5. The number of imidazole rings is 1. The molecular formula is C18H24N4O5S. The zero-order valence-electron chi connectivity index (χ0n) is 16.0. The summed E-state index contributed by atoms with van der Waals surface area (Å²) in [6.07, 6.45) is 1.49. The topological polar surface area (TPSA) is 115 Å². The summed E-state index contributed by atoms with van der Waals surface area (Å²) >= 11 is 1.17. The Labute approximate surface area is 167 Å². The number of likely N-dealkylation sites (N-methyl/N-ethyl adjacent to an activating group) is 1. The Morgan fingerprint density at radius 1 is 1.25 bits per heavy atom. The number of nitrogens with zero attached hydrogens (tertiary/aromatic N) is 2. The number of anilines is 1. The molecular weight excluding hydrogens is 384 g/mol. The van der Waals surface area contributed by atoms with Crippen LogP contribution in [0.4, 0.5) is 5.69 Å². The van der Waals surface area contributed by atoms with Crippen LogP contribution in [0.15, 0.2) is 29.6 Å². The number of ether oxygens (including phenoxy) is 2. The lowest BCUT2D eigenvalue weighted by atomic mass is 10.2. The van der Waals surface area contributed by atoms with Gasteiger partial charge in [-0.1, -0.05) is 11.8 Å². The maximum Gasteiger partial charge on any atom is 0.240 e. The highest BCUT2D eigenvalue weighted by molar-refractivity contribution is 7.99. The van der Waals surface area contributed by atoms with Crippen molar-refractivity contribution in [1.29, 1.82) is 0 Å². The summed E-state index contributed by atoms with van der Waals surface area (Å²) in [5.41, 5.74) is 1.03. The van der Waals surface area contributed by atoms with Gasteiger partial charge in [0.2, 0.25) is 11.8 Å². The van der Waals surface area contributed by atoms with E-state index in [-0.39, 0.29) is 30.7 Å². The van der Waals surface area contributed by atoms with Gasteiger partial charge in [-0.2, -0.15) is 0 Å². The van der Waals surface area contributed by atoms with Gasteiger partial charge in [0.05, 0.1) is 44.2 Å². The third-order valence-corrected chi connectivity index (χ3v) is 4.74. The van der Waals surface area contributed by atoms with Crippen LogP contribution >= 0.6 is 11.8 Å². The van der Waals surface area contributed by atoms with E-state index in [1.54, 1.807) is 29.9 Å². The van der Waals surface area contributed by atoms with Gasteiger partial charge in [-0.25, -0.2) is 4.98 Å². The summed E-state index contributed by atoms with van der Waals surface area (Å²) in [7, 11) is 3.06. The third kappa shape index (κ3) is 5.64. The number of methoxy groups -OCH3 is 2. The quantitative estimate of drug-likeness (QED) is 0.507. The van der Waals surface area contributed by atoms with Crippen molar-refractivity contribution in [2.24, 2.45) is 0 Å². The summed E-state index contributed by atoms with van der Waals surface area (Å²) in [4.78, 5) is 28.4. The molecule has 2 rings (SSSR count). The highest BCUT2D eigenvalue weighted by Crippen LogP contribution is 2.29. The Morgan fingerprint density at radius 2 is 2.04 bits per heavy atom. The number of rotatable bonds is 10. The molecule has 28 heavy (non-hydrogen) atoms. The molecule has 0 saturated heterocycles. The minimum absolute atomic E-state index is 0.0278. The van der Waals surface area contributed by atoms with E-state index in [1.807, 2.05) is 6.92 Å². The predicted molar refractivity (Wildman–Crippen MR) is 106 cm³/mol. The molecule has 0 fully saturated rings. The monoisotopic (exact) mass is 408 g/mol. The standard InChI is InChI=1S/C18H24N4O5S/c1-4-19-16(24)9-22-12(10-23)8-20-18(22)28-11-17(25)21-14-6-5-13(26-2)7-15(14)27-3/h5-8,23H,4,9-11H2,1-3H3,(H,19,24)(H,21,25). The largest absolute Gasteiger partial charge is 0.497 e. The second kappa shape index (κ2) is 10.6. The van der Waals surface area contributed by atoms with Crippen LogP contribution in [0, 0.1) is 0 Å². The Hall–Kier alpha value is -2.72. The van der Waals surface area contributed by atoms with Crippen LogP contribution in [-0.2, 0) is 22.7 Å². The molecule has 0 saturated carbocycles. The number of benzene rings is 1. The van der Waals surface area contributed by atoms with E-state index in [9.17, 15) is 14.7 Å². The van der Waals surface area contributed by atoms with Gasteiger partial charge in [0.25, 0.3) is 0 Å². The predicted octanol–water partition coefficient (Wildman–Crippen LogP) is 1.26. The summed E-state index contributed by atoms with van der Waals surface area (Å²) in [6, 6.07) is 5.09. The lowest BCUT2D eigenvalue weighted by Crippen LogP contribution is -2.28. The van der Waals surface area contributed by atoms with Gasteiger partial charge in [-0.3, -0.25) is 9.59 Å². The summed E-state index contributed by atoms with van der Waals surface area (Å²) < 4.78 is 12.0. The number of aromatic nitrogens is 2. The van der Waals surface area contributed by atoms with Crippen molar-refractivity contribution in [3.63, 3.8) is 0 Å². The van der Waals surface area contributed by atoms with Gasteiger partial charge < -0.3 is 29.8 Å². The van der Waals surface area contributed by atoms with Crippen LogP contribution in [-0.4, -0.2) is 53.0 Å². The van der Waals surface area contributed by atoms with E-state index >= 15 is 0 Å². The van der Waals surface area contributed by atoms with Crippen molar-refractivity contribution >= 4 is 29.3 Å². The lowest BCUT2D eigenvalue weighted by Gasteiger charge is -2.12. The normalized spacial score (nSPS) is 10.4. The molecule has 9 nitrogen and oxygen atoms in total. The highest BCUT2D eigenvalue weighted by Gasteiger charge is 2.15. The van der Waals surface area contributed by atoms with E-state index in [1.165, 1.54) is 25.1 Å². The molecule has 10 heteroatoms. The molecule has 2 amide bonds. The van der Waals surface area contributed by atoms with Crippen molar-refractivity contribution in [1.82, 2.24) is 14.9 Å². The number of thioether (sulfide) groups is 1. The first-order valence-electron chi connectivity index (χ1n) is 8.59. The molecule has 152 valence electrons. The fraction of sp³-hybridized carbons (Fsp3) is 0.389. The zero-order valence-corrected chi connectivity index (χ0v) is 16.8. The van der Waals surface area contributed by atoms with Gasteiger partial charge >= 0.3 is 0 Å². The Morgan fingerprint density at radius 3 is 2.68 bits per heavy atom. The van der Waals surface area contributed by atoms with Gasteiger partial charge in [0, 0.05) is 12.6 Å². The van der Waals surface area contributed by atoms with Crippen molar-refractivity contribution in [3.8, 4) is 11.5 Å². The zero-order chi connectivity index (χ0) is 20.5. The van der Waals surface area contributed by atoms with Crippen LogP contribution in [0.1, 0.15) is 12.6 Å². The molecule has 1 aromatic heterocycles. The molecule has 0 aliphatic heterocycles. The molecule has 0 atom stereocenters. The average Bonchev–Trinajstić information content (AvgIpc) is 3.08. The van der Waals surface area contributed by atoms with Gasteiger partial charge in [0.1, 0.15) is 18.0 Å².